The second-order valence-corrected chi connectivity index (χ2v) is 9.67. The molecular formula is C26H37N3O2. The summed E-state index contributed by atoms with van der Waals surface area (Å²) in [6.45, 7) is 6.63. The van der Waals surface area contributed by atoms with E-state index in [4.69, 9.17) is 14.5 Å². The highest BCUT2D eigenvalue weighted by atomic mass is 16.5. The maximum atomic E-state index is 6.19. The molecule has 31 heavy (non-hydrogen) atoms. The molecule has 3 aliphatic rings. The zero-order valence-corrected chi connectivity index (χ0v) is 19.2. The van der Waals surface area contributed by atoms with Crippen LogP contribution in [0.1, 0.15) is 63.0 Å². The fourth-order valence-electron chi connectivity index (χ4n) is 5.52. The number of nitrogens with zero attached hydrogens (tertiary/aromatic N) is 2. The van der Waals surface area contributed by atoms with Gasteiger partial charge in [-0.25, -0.2) is 4.98 Å². The minimum atomic E-state index is 0.489. The van der Waals surface area contributed by atoms with Crippen LogP contribution in [0.25, 0.3) is 10.9 Å². The zero-order valence-electron chi connectivity index (χ0n) is 19.2. The van der Waals surface area contributed by atoms with E-state index in [9.17, 15) is 0 Å². The van der Waals surface area contributed by atoms with E-state index in [1.165, 1.54) is 68.1 Å². The zero-order chi connectivity index (χ0) is 21.2. The smallest absolute Gasteiger partial charge is 0.163 e. The van der Waals surface area contributed by atoms with Gasteiger partial charge in [0.1, 0.15) is 5.82 Å². The average Bonchev–Trinajstić information content (AvgIpc) is 3.41. The summed E-state index contributed by atoms with van der Waals surface area (Å²) in [6, 6.07) is 4.74. The highest BCUT2D eigenvalue weighted by Crippen LogP contribution is 2.40. The van der Waals surface area contributed by atoms with E-state index in [0.717, 1.165) is 54.6 Å². The molecule has 5 rings (SSSR count). The largest absolute Gasteiger partial charge is 0.493 e. The van der Waals surface area contributed by atoms with Crippen LogP contribution in [0.3, 0.4) is 0 Å². The van der Waals surface area contributed by atoms with Crippen LogP contribution in [0, 0.1) is 5.92 Å². The van der Waals surface area contributed by atoms with Gasteiger partial charge < -0.3 is 19.7 Å². The van der Waals surface area contributed by atoms with Crippen molar-refractivity contribution in [3.05, 3.63) is 23.3 Å². The molecule has 1 aromatic carbocycles. The molecule has 1 N–H and O–H groups in total. The first-order valence-corrected chi connectivity index (χ1v) is 12.4. The molecule has 5 nitrogen and oxygen atoms in total. The highest BCUT2D eigenvalue weighted by molar-refractivity contribution is 5.89. The van der Waals surface area contributed by atoms with Crippen molar-refractivity contribution in [1.29, 1.82) is 0 Å². The Hall–Kier alpha value is -2.01. The summed E-state index contributed by atoms with van der Waals surface area (Å²) in [5.74, 6) is 3.54. The maximum absolute atomic E-state index is 6.19. The summed E-state index contributed by atoms with van der Waals surface area (Å²) < 4.78 is 11.9. The number of hydrogen-bond donors (Lipinski definition) is 1. The Kier molecular flexibility index (Phi) is 6.22. The molecule has 1 saturated heterocycles. The van der Waals surface area contributed by atoms with Gasteiger partial charge >= 0.3 is 0 Å². The Bertz CT molecular complexity index is 919. The number of methoxy groups -OCH3 is 1. The normalized spacial score (nSPS) is 19.9. The van der Waals surface area contributed by atoms with Crippen LogP contribution < -0.4 is 14.8 Å². The van der Waals surface area contributed by atoms with E-state index < -0.39 is 0 Å². The minimum absolute atomic E-state index is 0.489. The SMILES string of the molecule is COc1cc2c3c(c(N[C@H](C)C4CCC4)nc2cc1OCCCN1CCCC1)CCC3. The maximum Gasteiger partial charge on any atom is 0.163 e. The Morgan fingerprint density at radius 3 is 2.61 bits per heavy atom. The van der Waals surface area contributed by atoms with E-state index in [-0.39, 0.29) is 0 Å². The van der Waals surface area contributed by atoms with Crippen LogP contribution in [0.4, 0.5) is 5.82 Å². The van der Waals surface area contributed by atoms with Crippen LogP contribution in [0.2, 0.25) is 0 Å². The third-order valence-electron chi connectivity index (χ3n) is 7.64. The van der Waals surface area contributed by atoms with Crippen molar-refractivity contribution < 1.29 is 9.47 Å². The number of aryl methyl sites for hydroxylation is 1. The quantitative estimate of drug-likeness (QED) is 0.562. The van der Waals surface area contributed by atoms with Crippen molar-refractivity contribution in [2.24, 2.45) is 5.92 Å². The first-order valence-electron chi connectivity index (χ1n) is 12.4. The molecule has 2 aromatic rings. The third-order valence-corrected chi connectivity index (χ3v) is 7.64. The Balaban J connectivity index is 1.37. The molecule has 2 aliphatic carbocycles. The summed E-state index contributed by atoms with van der Waals surface area (Å²) in [5, 5.41) is 5.01. The number of fused-ring (bicyclic) bond motifs is 3. The van der Waals surface area contributed by atoms with Crippen molar-refractivity contribution in [1.82, 2.24) is 9.88 Å². The number of nitrogens with one attached hydrogen (secondary N) is 1. The molecule has 5 heteroatoms. The topological polar surface area (TPSA) is 46.6 Å². The van der Waals surface area contributed by atoms with Crippen LogP contribution in [-0.2, 0) is 12.8 Å². The van der Waals surface area contributed by atoms with E-state index in [1.807, 2.05) is 0 Å². The monoisotopic (exact) mass is 423 g/mol. The molecule has 2 fully saturated rings. The van der Waals surface area contributed by atoms with Crippen molar-refractivity contribution in [2.45, 2.75) is 70.8 Å². The van der Waals surface area contributed by atoms with Gasteiger partial charge in [-0.15, -0.1) is 0 Å². The number of hydrogen-bond acceptors (Lipinski definition) is 5. The van der Waals surface area contributed by atoms with Gasteiger partial charge in [-0.3, -0.25) is 0 Å². The van der Waals surface area contributed by atoms with Crippen molar-refractivity contribution >= 4 is 16.7 Å². The van der Waals surface area contributed by atoms with Crippen LogP contribution in [0.5, 0.6) is 11.5 Å². The molecule has 2 heterocycles. The Morgan fingerprint density at radius 2 is 1.87 bits per heavy atom. The molecule has 1 atom stereocenters. The van der Waals surface area contributed by atoms with Crippen molar-refractivity contribution in [3.63, 3.8) is 0 Å². The van der Waals surface area contributed by atoms with E-state index in [1.54, 1.807) is 7.11 Å². The third kappa shape index (κ3) is 4.34. The molecule has 0 unspecified atom stereocenters. The van der Waals surface area contributed by atoms with Gasteiger partial charge in [-0.2, -0.15) is 0 Å². The molecule has 0 radical (unpaired) electrons. The molecule has 0 bridgehead atoms. The van der Waals surface area contributed by atoms with Crippen molar-refractivity contribution in [3.8, 4) is 11.5 Å². The van der Waals surface area contributed by atoms with E-state index in [0.29, 0.717) is 12.6 Å². The summed E-state index contributed by atoms with van der Waals surface area (Å²) in [6.07, 6.45) is 11.2. The van der Waals surface area contributed by atoms with Gasteiger partial charge in [0.15, 0.2) is 11.5 Å². The first-order chi connectivity index (χ1) is 15.2. The fourth-order valence-corrected chi connectivity index (χ4v) is 5.52. The van der Waals surface area contributed by atoms with Gasteiger partial charge in [-0.1, -0.05) is 6.42 Å². The summed E-state index contributed by atoms with van der Waals surface area (Å²) in [7, 11) is 1.74. The molecule has 1 aromatic heterocycles. The average molecular weight is 424 g/mol. The highest BCUT2D eigenvalue weighted by Gasteiger charge is 2.27. The summed E-state index contributed by atoms with van der Waals surface area (Å²) in [5.41, 5.74) is 3.89. The van der Waals surface area contributed by atoms with Gasteiger partial charge in [-0.05, 0) is 94.5 Å². The van der Waals surface area contributed by atoms with Gasteiger partial charge in [0, 0.05) is 24.0 Å². The van der Waals surface area contributed by atoms with E-state index in [2.05, 4.69) is 29.3 Å². The number of likely N-dealkylation sites (tertiary alicyclic amines) is 1. The molecular weight excluding hydrogens is 386 g/mol. The lowest BCUT2D eigenvalue weighted by Gasteiger charge is -2.32. The number of ether oxygens (including phenoxy) is 2. The second-order valence-electron chi connectivity index (χ2n) is 9.67. The molecule has 1 aliphatic heterocycles. The summed E-state index contributed by atoms with van der Waals surface area (Å²) >= 11 is 0. The molecule has 1 saturated carbocycles. The Morgan fingerprint density at radius 1 is 1.06 bits per heavy atom. The lowest BCUT2D eigenvalue weighted by molar-refractivity contribution is 0.254. The lowest BCUT2D eigenvalue weighted by atomic mass is 9.80. The predicted octanol–water partition coefficient (Wildman–Crippen LogP) is 5.20. The number of pyridine rings is 1. The second kappa shape index (κ2) is 9.23. The van der Waals surface area contributed by atoms with Gasteiger partial charge in [0.05, 0.1) is 19.2 Å². The molecule has 168 valence electrons. The predicted molar refractivity (Wildman–Crippen MR) is 127 cm³/mol. The standard InChI is InChI=1S/C26H37N3O2/c1-18(19-8-5-9-19)27-26-21-11-6-10-20(21)22-16-24(30-2)25(17-23(22)28-26)31-15-7-14-29-12-3-4-13-29/h16-19H,3-15H2,1-2H3,(H,27,28)/t18-/m1/s1. The molecule has 0 amide bonds. The number of aromatic nitrogens is 1. The number of anilines is 1. The first kappa shape index (κ1) is 20.9. The fraction of sp³-hybridized carbons (Fsp3) is 0.654. The van der Waals surface area contributed by atoms with Gasteiger partial charge in [0.25, 0.3) is 0 Å². The van der Waals surface area contributed by atoms with Crippen LogP contribution >= 0.6 is 0 Å². The van der Waals surface area contributed by atoms with Gasteiger partial charge in [0.2, 0.25) is 0 Å². The number of rotatable bonds is 9. The van der Waals surface area contributed by atoms with Crippen LogP contribution in [-0.4, -0.2) is 49.3 Å². The lowest BCUT2D eigenvalue weighted by Crippen LogP contribution is -2.31. The Labute approximate surface area is 186 Å². The van der Waals surface area contributed by atoms with Crippen LogP contribution in [0.15, 0.2) is 12.1 Å². The number of benzene rings is 1. The molecule has 0 spiro atoms. The minimum Gasteiger partial charge on any atom is -0.493 e. The summed E-state index contributed by atoms with van der Waals surface area (Å²) in [4.78, 5) is 7.63. The van der Waals surface area contributed by atoms with E-state index >= 15 is 0 Å². The van der Waals surface area contributed by atoms with Crippen molar-refractivity contribution in [2.75, 3.05) is 38.7 Å².